The van der Waals surface area contributed by atoms with Gasteiger partial charge in [0, 0.05) is 5.69 Å². The van der Waals surface area contributed by atoms with E-state index in [4.69, 9.17) is 15.2 Å². The SMILES string of the molecule is CC(C)CCOC(=O)COc1ccc(N)cc1. The van der Waals surface area contributed by atoms with Gasteiger partial charge in [-0.05, 0) is 36.6 Å². The molecule has 0 atom stereocenters. The van der Waals surface area contributed by atoms with E-state index in [1.165, 1.54) is 0 Å². The van der Waals surface area contributed by atoms with Crippen LogP contribution in [0.3, 0.4) is 0 Å². The summed E-state index contributed by atoms with van der Waals surface area (Å²) in [5.74, 6) is 0.795. The van der Waals surface area contributed by atoms with Crippen LogP contribution in [-0.2, 0) is 9.53 Å². The highest BCUT2D eigenvalue weighted by Crippen LogP contribution is 2.12. The van der Waals surface area contributed by atoms with Crippen molar-refractivity contribution in [3.8, 4) is 5.75 Å². The predicted molar refractivity (Wildman–Crippen MR) is 66.8 cm³/mol. The quantitative estimate of drug-likeness (QED) is 0.609. The second-order valence-corrected chi connectivity index (χ2v) is 4.26. The van der Waals surface area contributed by atoms with Gasteiger partial charge in [0.1, 0.15) is 5.75 Å². The van der Waals surface area contributed by atoms with Crippen LogP contribution >= 0.6 is 0 Å². The molecule has 4 nitrogen and oxygen atoms in total. The highest BCUT2D eigenvalue weighted by molar-refractivity contribution is 5.71. The van der Waals surface area contributed by atoms with Crippen LogP contribution in [0.2, 0.25) is 0 Å². The summed E-state index contributed by atoms with van der Waals surface area (Å²) in [4.78, 5) is 11.3. The molecule has 0 saturated carbocycles. The van der Waals surface area contributed by atoms with E-state index in [2.05, 4.69) is 13.8 Å². The Morgan fingerprint density at radius 2 is 1.94 bits per heavy atom. The van der Waals surface area contributed by atoms with Gasteiger partial charge in [-0.2, -0.15) is 0 Å². The van der Waals surface area contributed by atoms with Gasteiger partial charge in [0.15, 0.2) is 6.61 Å². The summed E-state index contributed by atoms with van der Waals surface area (Å²) in [6.45, 7) is 4.54. The number of carbonyl (C=O) groups excluding carboxylic acids is 1. The van der Waals surface area contributed by atoms with Gasteiger partial charge in [-0.15, -0.1) is 0 Å². The monoisotopic (exact) mass is 237 g/mol. The summed E-state index contributed by atoms with van der Waals surface area (Å²) < 4.78 is 10.3. The summed E-state index contributed by atoms with van der Waals surface area (Å²) in [6, 6.07) is 6.88. The second-order valence-electron chi connectivity index (χ2n) is 4.26. The fraction of sp³-hybridized carbons (Fsp3) is 0.462. The molecule has 0 amide bonds. The van der Waals surface area contributed by atoms with Gasteiger partial charge in [-0.1, -0.05) is 13.8 Å². The smallest absolute Gasteiger partial charge is 0.344 e. The molecule has 0 aliphatic rings. The van der Waals surface area contributed by atoms with Gasteiger partial charge in [-0.25, -0.2) is 4.79 Å². The standard InChI is InChI=1S/C13H19NO3/c1-10(2)7-8-16-13(15)9-17-12-5-3-11(14)4-6-12/h3-6,10H,7-9,14H2,1-2H3. The summed E-state index contributed by atoms with van der Waals surface area (Å²) in [5.41, 5.74) is 6.19. The third-order valence-corrected chi connectivity index (χ3v) is 2.20. The Kier molecular flexibility index (Phi) is 5.33. The molecule has 0 aliphatic heterocycles. The molecule has 4 heteroatoms. The highest BCUT2D eigenvalue weighted by atomic mass is 16.6. The maximum atomic E-state index is 11.3. The minimum Gasteiger partial charge on any atom is -0.482 e. The average Bonchev–Trinajstić information content (AvgIpc) is 2.28. The number of nitrogens with two attached hydrogens (primary N) is 1. The number of nitrogen functional groups attached to an aromatic ring is 1. The molecule has 2 N–H and O–H groups in total. The largest absolute Gasteiger partial charge is 0.482 e. The van der Waals surface area contributed by atoms with E-state index in [0.29, 0.717) is 24.0 Å². The molecule has 0 bridgehead atoms. The van der Waals surface area contributed by atoms with Crippen LogP contribution in [0.15, 0.2) is 24.3 Å². The third-order valence-electron chi connectivity index (χ3n) is 2.20. The molecule has 1 rings (SSSR count). The van der Waals surface area contributed by atoms with Crippen molar-refractivity contribution in [2.75, 3.05) is 18.9 Å². The van der Waals surface area contributed by atoms with E-state index in [1.807, 2.05) is 0 Å². The Balaban J connectivity index is 2.21. The minimum absolute atomic E-state index is 0.0674. The van der Waals surface area contributed by atoms with E-state index in [9.17, 15) is 4.79 Å². The van der Waals surface area contributed by atoms with Crippen LogP contribution in [0, 0.1) is 5.92 Å². The highest BCUT2D eigenvalue weighted by Gasteiger charge is 2.04. The van der Waals surface area contributed by atoms with Gasteiger partial charge in [0.05, 0.1) is 6.61 Å². The van der Waals surface area contributed by atoms with Crippen molar-refractivity contribution in [2.45, 2.75) is 20.3 Å². The number of esters is 1. The van der Waals surface area contributed by atoms with Crippen molar-refractivity contribution in [1.29, 1.82) is 0 Å². The van der Waals surface area contributed by atoms with Gasteiger partial charge >= 0.3 is 5.97 Å². The summed E-state index contributed by atoms with van der Waals surface area (Å²) >= 11 is 0. The van der Waals surface area contributed by atoms with Crippen LogP contribution in [-0.4, -0.2) is 19.2 Å². The van der Waals surface area contributed by atoms with Crippen LogP contribution in [0.4, 0.5) is 5.69 Å². The van der Waals surface area contributed by atoms with Crippen LogP contribution in [0.25, 0.3) is 0 Å². The summed E-state index contributed by atoms with van der Waals surface area (Å²) in [5, 5.41) is 0. The lowest BCUT2D eigenvalue weighted by molar-refractivity contribution is -0.146. The lowest BCUT2D eigenvalue weighted by atomic mass is 10.1. The molecular weight excluding hydrogens is 218 g/mol. The molecule has 94 valence electrons. The zero-order valence-corrected chi connectivity index (χ0v) is 10.3. The number of hydrogen-bond donors (Lipinski definition) is 1. The maximum Gasteiger partial charge on any atom is 0.344 e. The van der Waals surface area contributed by atoms with Gasteiger partial charge in [-0.3, -0.25) is 0 Å². The summed E-state index contributed by atoms with van der Waals surface area (Å²) in [6.07, 6.45) is 0.869. The van der Waals surface area contributed by atoms with Crippen molar-refractivity contribution < 1.29 is 14.3 Å². The first-order valence-corrected chi connectivity index (χ1v) is 5.72. The molecule has 0 spiro atoms. The molecule has 1 aromatic carbocycles. The number of benzene rings is 1. The van der Waals surface area contributed by atoms with E-state index in [-0.39, 0.29) is 12.6 Å². The fourth-order valence-corrected chi connectivity index (χ4v) is 1.16. The molecule has 0 aliphatic carbocycles. The predicted octanol–water partition coefficient (Wildman–Crippen LogP) is 2.24. The zero-order valence-electron chi connectivity index (χ0n) is 10.3. The molecule has 0 heterocycles. The number of rotatable bonds is 6. The van der Waals surface area contributed by atoms with E-state index in [0.717, 1.165) is 6.42 Å². The lowest BCUT2D eigenvalue weighted by Gasteiger charge is -2.08. The fourth-order valence-electron chi connectivity index (χ4n) is 1.16. The van der Waals surface area contributed by atoms with Crippen LogP contribution in [0.5, 0.6) is 5.75 Å². The van der Waals surface area contributed by atoms with E-state index < -0.39 is 0 Å². The Bertz CT molecular complexity index is 346. The maximum absolute atomic E-state index is 11.3. The van der Waals surface area contributed by atoms with Crippen LogP contribution < -0.4 is 10.5 Å². The van der Waals surface area contributed by atoms with E-state index in [1.54, 1.807) is 24.3 Å². The molecule has 0 unspecified atom stereocenters. The molecule has 17 heavy (non-hydrogen) atoms. The average molecular weight is 237 g/mol. The van der Waals surface area contributed by atoms with Crippen LogP contribution in [0.1, 0.15) is 20.3 Å². The second kappa shape index (κ2) is 6.78. The Morgan fingerprint density at radius 1 is 1.29 bits per heavy atom. The Morgan fingerprint density at radius 3 is 2.53 bits per heavy atom. The lowest BCUT2D eigenvalue weighted by Crippen LogP contribution is -2.16. The number of hydrogen-bond acceptors (Lipinski definition) is 4. The number of ether oxygens (including phenoxy) is 2. The molecule has 0 aromatic heterocycles. The van der Waals surface area contributed by atoms with Crippen molar-refractivity contribution in [1.82, 2.24) is 0 Å². The Labute approximate surface area is 102 Å². The summed E-state index contributed by atoms with van der Waals surface area (Å²) in [7, 11) is 0. The van der Waals surface area contributed by atoms with Crippen molar-refractivity contribution >= 4 is 11.7 Å². The Hall–Kier alpha value is -1.71. The number of carbonyl (C=O) groups is 1. The molecule has 0 saturated heterocycles. The van der Waals surface area contributed by atoms with Crippen molar-refractivity contribution in [3.63, 3.8) is 0 Å². The first-order valence-electron chi connectivity index (χ1n) is 5.72. The molecular formula is C13H19NO3. The molecule has 1 aromatic rings. The minimum atomic E-state index is -0.345. The van der Waals surface area contributed by atoms with Crippen molar-refractivity contribution in [3.05, 3.63) is 24.3 Å². The topological polar surface area (TPSA) is 61.5 Å². The molecule has 0 radical (unpaired) electrons. The van der Waals surface area contributed by atoms with Gasteiger partial charge in [0.25, 0.3) is 0 Å². The van der Waals surface area contributed by atoms with E-state index >= 15 is 0 Å². The number of anilines is 1. The van der Waals surface area contributed by atoms with Gasteiger partial charge in [0.2, 0.25) is 0 Å². The first-order chi connectivity index (χ1) is 8.08. The normalized spacial score (nSPS) is 10.3. The van der Waals surface area contributed by atoms with Crippen molar-refractivity contribution in [2.24, 2.45) is 5.92 Å². The third kappa shape index (κ3) is 5.80. The zero-order chi connectivity index (χ0) is 12.7. The first kappa shape index (κ1) is 13.4. The molecule has 0 fully saturated rings. The van der Waals surface area contributed by atoms with Gasteiger partial charge < -0.3 is 15.2 Å².